The summed E-state index contributed by atoms with van der Waals surface area (Å²) in [6.07, 6.45) is 1.31. The molecule has 1 amide bonds. The predicted octanol–water partition coefficient (Wildman–Crippen LogP) is 6.71. The van der Waals surface area contributed by atoms with Gasteiger partial charge in [0.1, 0.15) is 0 Å². The van der Waals surface area contributed by atoms with Crippen LogP contribution in [0.15, 0.2) is 41.3 Å². The van der Waals surface area contributed by atoms with Gasteiger partial charge in [-0.25, -0.2) is 13.2 Å². The number of hydrogen-bond acceptors (Lipinski definition) is 3. The van der Waals surface area contributed by atoms with Crippen LogP contribution in [0.2, 0.25) is 0 Å². The highest BCUT2D eigenvalue weighted by Crippen LogP contribution is 2.38. The van der Waals surface area contributed by atoms with E-state index in [-0.39, 0.29) is 16.7 Å². The summed E-state index contributed by atoms with van der Waals surface area (Å²) in [7, 11) is -4.35. The second-order valence-electron chi connectivity index (χ2n) is 8.55. The monoisotopic (exact) mass is 445 g/mol. The lowest BCUT2D eigenvalue weighted by Gasteiger charge is -2.28. The van der Waals surface area contributed by atoms with Crippen LogP contribution in [0.4, 0.5) is 10.5 Å². The van der Waals surface area contributed by atoms with Crippen LogP contribution in [0.3, 0.4) is 0 Å². The Hall–Kier alpha value is -2.34. The van der Waals surface area contributed by atoms with Crippen molar-refractivity contribution in [2.45, 2.75) is 84.0 Å². The molecule has 1 N–H and O–H groups in total. The maximum absolute atomic E-state index is 14.1. The molecule has 31 heavy (non-hydrogen) atoms. The van der Waals surface area contributed by atoms with Crippen molar-refractivity contribution in [1.29, 1.82) is 0 Å². The first kappa shape index (κ1) is 24.9. The molecule has 2 aromatic rings. The number of amides is 1. The van der Waals surface area contributed by atoms with Crippen molar-refractivity contribution in [3.05, 3.63) is 58.7 Å². The number of carboxylic acid groups (broad SMARTS) is 1. The largest absolute Gasteiger partial charge is 0.464 e. The first-order valence-corrected chi connectivity index (χ1v) is 12.5. The molecule has 0 spiro atoms. The van der Waals surface area contributed by atoms with Crippen LogP contribution in [-0.4, -0.2) is 19.6 Å². The normalized spacial score (nSPS) is 11.9. The maximum Gasteiger partial charge on any atom is 0.426 e. The molecule has 2 aromatic carbocycles. The summed E-state index contributed by atoms with van der Waals surface area (Å²) in [5.74, 6) is -0.139. The van der Waals surface area contributed by atoms with E-state index in [1.165, 1.54) is 0 Å². The molecule has 0 bridgehead atoms. The third kappa shape index (κ3) is 5.12. The highest BCUT2D eigenvalue weighted by molar-refractivity contribution is 7.93. The molecule has 0 aliphatic rings. The Labute approximate surface area is 187 Å². The third-order valence-corrected chi connectivity index (χ3v) is 7.24. The van der Waals surface area contributed by atoms with Gasteiger partial charge in [0.2, 0.25) is 0 Å². The van der Waals surface area contributed by atoms with E-state index >= 15 is 0 Å². The van der Waals surface area contributed by atoms with Crippen LogP contribution >= 0.6 is 0 Å². The van der Waals surface area contributed by atoms with Crippen LogP contribution in [0.25, 0.3) is 0 Å². The molecule has 170 valence electrons. The van der Waals surface area contributed by atoms with Crippen LogP contribution in [0, 0.1) is 0 Å². The van der Waals surface area contributed by atoms with E-state index in [1.54, 1.807) is 12.1 Å². The van der Waals surface area contributed by atoms with E-state index in [0.29, 0.717) is 34.0 Å². The molecule has 0 aromatic heterocycles. The summed E-state index contributed by atoms with van der Waals surface area (Å²) < 4.78 is 28.8. The first-order valence-electron chi connectivity index (χ1n) is 11.1. The molecule has 0 atom stereocenters. The number of carbonyl (C=O) groups is 1. The van der Waals surface area contributed by atoms with Crippen molar-refractivity contribution in [1.82, 2.24) is 0 Å². The topological polar surface area (TPSA) is 74.7 Å². The highest BCUT2D eigenvalue weighted by atomic mass is 32.2. The zero-order valence-corrected chi connectivity index (χ0v) is 20.3. The Bertz CT molecular complexity index is 975. The Morgan fingerprint density at radius 3 is 1.65 bits per heavy atom. The lowest BCUT2D eigenvalue weighted by molar-refractivity contribution is 0.206. The van der Waals surface area contributed by atoms with Crippen molar-refractivity contribution in [3.8, 4) is 0 Å². The smallest absolute Gasteiger partial charge is 0.426 e. The molecule has 0 radical (unpaired) electrons. The molecule has 0 aliphatic heterocycles. The molecule has 0 saturated carbocycles. The van der Waals surface area contributed by atoms with Gasteiger partial charge in [-0.1, -0.05) is 90.8 Å². The van der Waals surface area contributed by atoms with Crippen molar-refractivity contribution >= 4 is 21.8 Å². The van der Waals surface area contributed by atoms with Gasteiger partial charge in [0, 0.05) is 0 Å². The van der Waals surface area contributed by atoms with Crippen LogP contribution in [-0.2, 0) is 22.9 Å². The van der Waals surface area contributed by atoms with Crippen molar-refractivity contribution in [3.63, 3.8) is 0 Å². The summed E-state index contributed by atoms with van der Waals surface area (Å²) >= 11 is 0. The van der Waals surface area contributed by atoms with E-state index in [4.69, 9.17) is 0 Å². The van der Waals surface area contributed by atoms with Crippen LogP contribution in [0.1, 0.15) is 88.5 Å². The number of anilines is 1. The van der Waals surface area contributed by atoms with Crippen molar-refractivity contribution < 1.29 is 18.3 Å². The Morgan fingerprint density at radius 2 is 1.29 bits per heavy atom. The minimum Gasteiger partial charge on any atom is -0.464 e. The van der Waals surface area contributed by atoms with E-state index in [9.17, 15) is 18.3 Å². The number of rotatable bonds is 9. The Morgan fingerprint density at radius 1 is 0.871 bits per heavy atom. The SMILES string of the molecule is CCCc1cccc(CCC)c1N(C(=O)O)S(=O)(=O)c1c(C(C)C)cccc1C(C)C. The summed E-state index contributed by atoms with van der Waals surface area (Å²) in [5.41, 5.74) is 3.07. The number of para-hydroxylation sites is 1. The Kier molecular flexibility index (Phi) is 8.29. The lowest BCUT2D eigenvalue weighted by Crippen LogP contribution is -2.38. The second-order valence-corrected chi connectivity index (χ2v) is 10.3. The quantitative estimate of drug-likeness (QED) is 0.465. The molecule has 0 heterocycles. The molecule has 6 heteroatoms. The van der Waals surface area contributed by atoms with Gasteiger partial charge in [0.25, 0.3) is 10.0 Å². The van der Waals surface area contributed by atoms with Gasteiger partial charge in [0.15, 0.2) is 0 Å². The third-order valence-electron chi connectivity index (χ3n) is 5.44. The van der Waals surface area contributed by atoms with Gasteiger partial charge in [-0.05, 0) is 46.9 Å². The maximum atomic E-state index is 14.1. The average molecular weight is 446 g/mol. The fourth-order valence-electron chi connectivity index (χ4n) is 4.04. The molecular weight excluding hydrogens is 410 g/mol. The molecule has 0 saturated heterocycles. The number of aryl methyl sites for hydroxylation is 2. The summed E-state index contributed by atoms with van der Waals surface area (Å²) in [5, 5.41) is 10.2. The van der Waals surface area contributed by atoms with E-state index in [2.05, 4.69) is 0 Å². The van der Waals surface area contributed by atoms with Gasteiger partial charge >= 0.3 is 6.09 Å². The molecule has 2 rings (SSSR count). The fourth-order valence-corrected chi connectivity index (χ4v) is 6.10. The number of benzene rings is 2. The number of hydrogen-bond donors (Lipinski definition) is 1. The summed E-state index contributed by atoms with van der Waals surface area (Å²) in [6, 6.07) is 11.0. The predicted molar refractivity (Wildman–Crippen MR) is 127 cm³/mol. The standard InChI is InChI=1S/C25H35NO4S/c1-7-11-19-13-9-14-20(12-8-2)23(19)26(25(27)28)31(29,30)24-21(17(3)4)15-10-16-22(24)18(5)6/h9-10,13-18H,7-8,11-12H2,1-6H3,(H,27,28). The zero-order valence-electron chi connectivity index (χ0n) is 19.5. The van der Waals surface area contributed by atoms with E-state index in [1.807, 2.05) is 65.8 Å². The Balaban J connectivity index is 2.92. The molecule has 0 unspecified atom stereocenters. The van der Waals surface area contributed by atoms with Gasteiger partial charge in [-0.3, -0.25) is 0 Å². The minimum absolute atomic E-state index is 0.0693. The number of nitrogens with zero attached hydrogens (tertiary/aromatic N) is 1. The molecule has 0 aliphatic carbocycles. The second kappa shape index (κ2) is 10.3. The first-order chi connectivity index (χ1) is 14.6. The van der Waals surface area contributed by atoms with E-state index < -0.39 is 16.1 Å². The minimum atomic E-state index is -4.35. The number of sulfonamides is 1. The van der Waals surface area contributed by atoms with Gasteiger partial charge in [-0.15, -0.1) is 0 Å². The lowest BCUT2D eigenvalue weighted by atomic mass is 9.95. The van der Waals surface area contributed by atoms with E-state index in [0.717, 1.165) is 24.0 Å². The van der Waals surface area contributed by atoms with Gasteiger partial charge in [0.05, 0.1) is 10.6 Å². The van der Waals surface area contributed by atoms with Crippen molar-refractivity contribution in [2.24, 2.45) is 0 Å². The molecular formula is C25H35NO4S. The summed E-state index contributed by atoms with van der Waals surface area (Å²) in [6.45, 7) is 11.7. The highest BCUT2D eigenvalue weighted by Gasteiger charge is 2.37. The average Bonchev–Trinajstić information content (AvgIpc) is 2.69. The van der Waals surface area contributed by atoms with Crippen LogP contribution in [0.5, 0.6) is 0 Å². The van der Waals surface area contributed by atoms with Crippen LogP contribution < -0.4 is 4.31 Å². The zero-order chi connectivity index (χ0) is 23.3. The van der Waals surface area contributed by atoms with Gasteiger partial charge in [-0.2, -0.15) is 4.31 Å². The van der Waals surface area contributed by atoms with Crippen molar-refractivity contribution in [2.75, 3.05) is 4.31 Å². The molecule has 0 fully saturated rings. The fraction of sp³-hybridized carbons (Fsp3) is 0.480. The summed E-state index contributed by atoms with van der Waals surface area (Å²) in [4.78, 5) is 12.7. The molecule has 5 nitrogen and oxygen atoms in total. The van der Waals surface area contributed by atoms with Gasteiger partial charge < -0.3 is 5.11 Å².